The third-order valence-electron chi connectivity index (χ3n) is 3.88. The maximum Gasteiger partial charge on any atom is 0.273 e. The highest BCUT2D eigenvalue weighted by atomic mass is 35.5. The average molecular weight is 331 g/mol. The number of aromatic hydroxyl groups is 1. The van der Waals surface area contributed by atoms with E-state index in [1.165, 1.54) is 12.1 Å². The van der Waals surface area contributed by atoms with Gasteiger partial charge < -0.3 is 5.11 Å². The largest absolute Gasteiger partial charge is 0.507 e. The van der Waals surface area contributed by atoms with E-state index < -0.39 is 5.91 Å². The summed E-state index contributed by atoms with van der Waals surface area (Å²) >= 11 is 6.12. The fourth-order valence-corrected chi connectivity index (χ4v) is 2.82. The molecule has 0 spiro atoms. The number of benzene rings is 2. The molecule has 3 N–H and O–H groups in total. The molecule has 0 bridgehead atoms. The van der Waals surface area contributed by atoms with Gasteiger partial charge in [0.25, 0.3) is 5.91 Å². The van der Waals surface area contributed by atoms with Gasteiger partial charge in [-0.15, -0.1) is 0 Å². The zero-order chi connectivity index (χ0) is 16.4. The molecule has 118 valence electrons. The molecule has 2 aromatic carbocycles. The molecule has 3 rings (SSSR count). The van der Waals surface area contributed by atoms with Crippen molar-refractivity contribution in [2.45, 2.75) is 12.3 Å². The Hall–Kier alpha value is -2.53. The second-order valence-electron chi connectivity index (χ2n) is 5.43. The number of para-hydroxylation sites is 1. The molecule has 1 saturated carbocycles. The summed E-state index contributed by atoms with van der Waals surface area (Å²) in [7, 11) is 0. The van der Waals surface area contributed by atoms with Gasteiger partial charge in [0.1, 0.15) is 5.75 Å². The summed E-state index contributed by atoms with van der Waals surface area (Å²) < 4.78 is 0. The molecule has 5 nitrogen and oxygen atoms in total. The monoisotopic (exact) mass is 330 g/mol. The van der Waals surface area contributed by atoms with Crippen molar-refractivity contribution >= 4 is 23.4 Å². The fourth-order valence-electron chi connectivity index (χ4n) is 2.55. The van der Waals surface area contributed by atoms with E-state index in [-0.39, 0.29) is 29.1 Å². The number of hydrogen-bond donors (Lipinski definition) is 3. The van der Waals surface area contributed by atoms with Gasteiger partial charge in [0.15, 0.2) is 0 Å². The van der Waals surface area contributed by atoms with Crippen LogP contribution in [0.2, 0.25) is 5.02 Å². The van der Waals surface area contributed by atoms with Gasteiger partial charge in [-0.2, -0.15) is 0 Å². The van der Waals surface area contributed by atoms with Gasteiger partial charge in [-0.3, -0.25) is 20.4 Å². The van der Waals surface area contributed by atoms with E-state index in [9.17, 15) is 14.7 Å². The Morgan fingerprint density at radius 1 is 1.04 bits per heavy atom. The van der Waals surface area contributed by atoms with Crippen molar-refractivity contribution in [3.05, 3.63) is 64.7 Å². The molecule has 23 heavy (non-hydrogen) atoms. The maximum absolute atomic E-state index is 12.1. The number of hydrazine groups is 1. The summed E-state index contributed by atoms with van der Waals surface area (Å²) in [5.41, 5.74) is 5.76. The molecule has 0 radical (unpaired) electrons. The lowest BCUT2D eigenvalue weighted by atomic mass is 10.1. The highest BCUT2D eigenvalue weighted by Crippen LogP contribution is 2.49. The normalized spacial score (nSPS) is 19.0. The first-order chi connectivity index (χ1) is 11.1. The van der Waals surface area contributed by atoms with E-state index >= 15 is 0 Å². The lowest BCUT2D eigenvalue weighted by Gasteiger charge is -2.08. The van der Waals surface area contributed by atoms with Crippen LogP contribution in [0.15, 0.2) is 48.5 Å². The Bertz CT molecular complexity index is 763. The van der Waals surface area contributed by atoms with Crippen molar-refractivity contribution in [3.63, 3.8) is 0 Å². The molecule has 2 unspecified atom stereocenters. The fraction of sp³-hybridized carbons (Fsp3) is 0.176. The number of rotatable bonds is 3. The summed E-state index contributed by atoms with van der Waals surface area (Å²) in [5, 5.41) is 10.2. The van der Waals surface area contributed by atoms with Gasteiger partial charge in [-0.1, -0.05) is 41.9 Å². The molecule has 6 heteroatoms. The van der Waals surface area contributed by atoms with Crippen LogP contribution in [0, 0.1) is 5.92 Å². The number of amides is 2. The first kappa shape index (κ1) is 15.4. The first-order valence-corrected chi connectivity index (χ1v) is 7.58. The number of hydrogen-bond acceptors (Lipinski definition) is 3. The van der Waals surface area contributed by atoms with E-state index in [0.717, 1.165) is 5.56 Å². The zero-order valence-electron chi connectivity index (χ0n) is 12.1. The SMILES string of the molecule is O=C(NNC(=O)C1CC1c1ccccc1Cl)c1ccccc1O. The van der Waals surface area contributed by atoms with E-state index in [1.54, 1.807) is 18.2 Å². The minimum Gasteiger partial charge on any atom is -0.507 e. The Morgan fingerprint density at radius 3 is 2.48 bits per heavy atom. The third kappa shape index (κ3) is 3.29. The Balaban J connectivity index is 1.56. The van der Waals surface area contributed by atoms with Crippen LogP contribution in [-0.4, -0.2) is 16.9 Å². The van der Waals surface area contributed by atoms with Gasteiger partial charge >= 0.3 is 0 Å². The summed E-state index contributed by atoms with van der Waals surface area (Å²) in [4.78, 5) is 24.0. The predicted molar refractivity (Wildman–Crippen MR) is 86.0 cm³/mol. The van der Waals surface area contributed by atoms with Crippen LogP contribution in [0.4, 0.5) is 0 Å². The molecule has 2 amide bonds. The molecule has 2 aromatic rings. The quantitative estimate of drug-likeness (QED) is 0.757. The van der Waals surface area contributed by atoms with Crippen LogP contribution >= 0.6 is 11.6 Å². The van der Waals surface area contributed by atoms with Gasteiger partial charge in [0, 0.05) is 10.9 Å². The molecule has 0 heterocycles. The smallest absolute Gasteiger partial charge is 0.273 e. The van der Waals surface area contributed by atoms with Crippen LogP contribution in [0.3, 0.4) is 0 Å². The maximum atomic E-state index is 12.1. The Labute approximate surface area is 138 Å². The summed E-state index contributed by atoms with van der Waals surface area (Å²) in [5.74, 6) is -1.10. The predicted octanol–water partition coefficient (Wildman–Crippen LogP) is 2.61. The van der Waals surface area contributed by atoms with Crippen molar-refractivity contribution in [2.24, 2.45) is 5.92 Å². The van der Waals surface area contributed by atoms with Gasteiger partial charge in [-0.25, -0.2) is 0 Å². The molecule has 1 aliphatic rings. The number of carbonyl (C=O) groups is 2. The van der Waals surface area contributed by atoms with Crippen LogP contribution in [-0.2, 0) is 4.79 Å². The summed E-state index contributed by atoms with van der Waals surface area (Å²) in [6.45, 7) is 0. The average Bonchev–Trinajstić information content (AvgIpc) is 3.33. The van der Waals surface area contributed by atoms with Crippen molar-refractivity contribution in [3.8, 4) is 5.75 Å². The zero-order valence-corrected chi connectivity index (χ0v) is 12.9. The summed E-state index contributed by atoms with van der Waals surface area (Å²) in [6.07, 6.45) is 0.696. The standard InChI is InChI=1S/C17H15ClN2O3/c18-14-7-3-1-5-10(14)12-9-13(12)17(23)20-19-16(22)11-6-2-4-8-15(11)21/h1-8,12-13,21H,9H2,(H,19,22)(H,20,23). The third-order valence-corrected chi connectivity index (χ3v) is 4.22. The van der Waals surface area contributed by atoms with E-state index in [1.807, 2.05) is 18.2 Å². The molecule has 1 aliphatic carbocycles. The lowest BCUT2D eigenvalue weighted by Crippen LogP contribution is -2.42. The topological polar surface area (TPSA) is 78.4 Å². The summed E-state index contributed by atoms with van der Waals surface area (Å²) in [6, 6.07) is 13.6. The highest BCUT2D eigenvalue weighted by molar-refractivity contribution is 6.31. The Kier molecular flexibility index (Phi) is 4.21. The molecule has 2 atom stereocenters. The lowest BCUT2D eigenvalue weighted by molar-refractivity contribution is -0.123. The molecule has 0 aliphatic heterocycles. The molecule has 1 fully saturated rings. The van der Waals surface area contributed by atoms with Crippen molar-refractivity contribution in [1.82, 2.24) is 10.9 Å². The number of carbonyl (C=O) groups excluding carboxylic acids is 2. The number of nitrogens with one attached hydrogen (secondary N) is 2. The molecular weight excluding hydrogens is 316 g/mol. The minimum atomic E-state index is -0.564. The van der Waals surface area contributed by atoms with Crippen LogP contribution in [0.25, 0.3) is 0 Å². The molecular formula is C17H15ClN2O3. The van der Waals surface area contributed by atoms with Crippen molar-refractivity contribution in [1.29, 1.82) is 0 Å². The Morgan fingerprint density at radius 2 is 1.74 bits per heavy atom. The van der Waals surface area contributed by atoms with E-state index in [4.69, 9.17) is 11.6 Å². The van der Waals surface area contributed by atoms with Gasteiger partial charge in [0.05, 0.1) is 5.56 Å². The van der Waals surface area contributed by atoms with Crippen LogP contribution in [0.5, 0.6) is 5.75 Å². The number of phenols is 1. The minimum absolute atomic E-state index is 0.0748. The van der Waals surface area contributed by atoms with Crippen LogP contribution < -0.4 is 10.9 Å². The van der Waals surface area contributed by atoms with Crippen LogP contribution in [0.1, 0.15) is 28.3 Å². The van der Waals surface area contributed by atoms with Gasteiger partial charge in [-0.05, 0) is 36.1 Å². The second-order valence-corrected chi connectivity index (χ2v) is 5.84. The number of phenolic OH excluding ortho intramolecular Hbond substituents is 1. The van der Waals surface area contributed by atoms with E-state index in [0.29, 0.717) is 11.4 Å². The molecule has 0 saturated heterocycles. The molecule has 0 aromatic heterocycles. The van der Waals surface area contributed by atoms with Crippen molar-refractivity contribution < 1.29 is 14.7 Å². The van der Waals surface area contributed by atoms with Crippen molar-refractivity contribution in [2.75, 3.05) is 0 Å². The number of halogens is 1. The second kappa shape index (κ2) is 6.30. The highest BCUT2D eigenvalue weighted by Gasteiger charge is 2.44. The van der Waals surface area contributed by atoms with Gasteiger partial charge in [0.2, 0.25) is 5.91 Å². The van der Waals surface area contributed by atoms with E-state index in [2.05, 4.69) is 10.9 Å². The first-order valence-electron chi connectivity index (χ1n) is 7.20.